The Hall–Kier alpha value is -4.69. The smallest absolute Gasteiger partial charge is 0.369 e. The number of carbonyl (C=O) groups excluding carboxylic acids is 3. The summed E-state index contributed by atoms with van der Waals surface area (Å²) in [6.07, 6.45) is -12.6. The number of alkyl halides is 6. The van der Waals surface area contributed by atoms with Crippen molar-refractivity contribution in [2.45, 2.75) is 51.1 Å². The van der Waals surface area contributed by atoms with E-state index in [2.05, 4.69) is 20.8 Å². The van der Waals surface area contributed by atoms with Crippen molar-refractivity contribution in [2.24, 2.45) is 16.6 Å². The van der Waals surface area contributed by atoms with E-state index in [9.17, 15) is 40.7 Å². The number of nitrogens with two attached hydrogens (primary N) is 1. The average Bonchev–Trinajstić information content (AvgIpc) is 3.27. The summed E-state index contributed by atoms with van der Waals surface area (Å²) in [6.45, 7) is 3.03. The van der Waals surface area contributed by atoms with Gasteiger partial charge in [0.25, 0.3) is 5.91 Å². The van der Waals surface area contributed by atoms with E-state index in [-0.39, 0.29) is 33.8 Å². The molecule has 1 aromatic heterocycles. The van der Waals surface area contributed by atoms with Gasteiger partial charge in [-0.2, -0.15) is 26.3 Å². The maximum Gasteiger partial charge on any atom is 0.416 e. The minimum Gasteiger partial charge on any atom is -0.369 e. The van der Waals surface area contributed by atoms with Crippen molar-refractivity contribution in [3.05, 3.63) is 82.2 Å². The van der Waals surface area contributed by atoms with Crippen LogP contribution in [0.5, 0.6) is 0 Å². The number of benzene rings is 2. The number of aliphatic imine (C=N–C) groups is 1. The van der Waals surface area contributed by atoms with Crippen LogP contribution >= 0.6 is 0 Å². The number of primary amides is 1. The van der Waals surface area contributed by atoms with E-state index in [4.69, 9.17) is 10.3 Å². The number of anilines is 1. The van der Waals surface area contributed by atoms with Gasteiger partial charge in [-0.1, -0.05) is 35.5 Å². The first-order valence-electron chi connectivity index (χ1n) is 12.8. The van der Waals surface area contributed by atoms with Crippen LogP contribution in [-0.4, -0.2) is 40.9 Å². The fourth-order valence-corrected chi connectivity index (χ4v) is 4.83. The minimum atomic E-state index is -4.71. The second-order valence-corrected chi connectivity index (χ2v) is 9.95. The molecule has 4 N–H and O–H groups in total. The van der Waals surface area contributed by atoms with Gasteiger partial charge in [-0.25, -0.2) is 4.99 Å². The van der Waals surface area contributed by atoms with E-state index in [1.54, 1.807) is 19.1 Å². The van der Waals surface area contributed by atoms with Gasteiger partial charge in [-0.05, 0) is 38.0 Å². The summed E-state index contributed by atoms with van der Waals surface area (Å²) < 4.78 is 85.1. The first-order valence-corrected chi connectivity index (χ1v) is 12.8. The van der Waals surface area contributed by atoms with Gasteiger partial charge in [-0.15, -0.1) is 0 Å². The van der Waals surface area contributed by atoms with Crippen LogP contribution in [0.25, 0.3) is 0 Å². The molecular weight excluding hydrogens is 584 g/mol. The summed E-state index contributed by atoms with van der Waals surface area (Å²) in [6, 6.07) is 8.89. The van der Waals surface area contributed by atoms with Crippen molar-refractivity contribution in [2.75, 3.05) is 5.32 Å². The standard InChI is InChI=1S/C28H25F6N5O4/c1-13-5-3-8-18-21(13)37-26(42)24(36-22(18)15-6-4-7-16(11-15)28(32,33)34)38-25(41)17(9-10-27(29,30)31)20(23(35)40)19-12-43-39-14(19)2/h3-8,11-12,17,20,24H,9-10H2,1-2H3,(H2,35,40)(H,37,42)(H,38,41)/t17-,20-,24?/m1/s1. The van der Waals surface area contributed by atoms with Gasteiger partial charge >= 0.3 is 12.4 Å². The predicted molar refractivity (Wildman–Crippen MR) is 141 cm³/mol. The van der Waals surface area contributed by atoms with Gasteiger partial charge < -0.3 is 20.9 Å². The summed E-state index contributed by atoms with van der Waals surface area (Å²) in [4.78, 5) is 43.6. The van der Waals surface area contributed by atoms with Gasteiger partial charge in [0.1, 0.15) is 6.26 Å². The number of nitrogens with zero attached hydrogens (tertiary/aromatic N) is 2. The number of fused-ring (bicyclic) bond motifs is 1. The van der Waals surface area contributed by atoms with Crippen LogP contribution in [0.1, 0.15) is 52.3 Å². The van der Waals surface area contributed by atoms with Gasteiger partial charge in [0.15, 0.2) is 0 Å². The zero-order valence-electron chi connectivity index (χ0n) is 22.6. The van der Waals surface area contributed by atoms with Crippen LogP contribution in [-0.2, 0) is 20.6 Å². The summed E-state index contributed by atoms with van der Waals surface area (Å²) in [5.74, 6) is -6.60. The number of nitrogens with one attached hydrogen (secondary N) is 2. The third-order valence-corrected chi connectivity index (χ3v) is 6.93. The van der Waals surface area contributed by atoms with E-state index in [1.807, 2.05) is 0 Å². The van der Waals surface area contributed by atoms with Crippen molar-refractivity contribution in [3.8, 4) is 0 Å². The summed E-state index contributed by atoms with van der Waals surface area (Å²) in [7, 11) is 0. The summed E-state index contributed by atoms with van der Waals surface area (Å²) in [5, 5.41) is 8.47. The van der Waals surface area contributed by atoms with Crippen LogP contribution < -0.4 is 16.4 Å². The number of rotatable bonds is 8. The van der Waals surface area contributed by atoms with E-state index in [1.165, 1.54) is 19.1 Å². The third-order valence-electron chi connectivity index (χ3n) is 6.93. The molecule has 9 nitrogen and oxygen atoms in total. The number of carbonyl (C=O) groups is 3. The Morgan fingerprint density at radius 2 is 1.79 bits per heavy atom. The highest BCUT2D eigenvalue weighted by Crippen LogP contribution is 2.35. The Bertz CT molecular complexity index is 1580. The summed E-state index contributed by atoms with van der Waals surface area (Å²) in [5.41, 5.74) is 5.45. The van der Waals surface area contributed by atoms with Gasteiger partial charge in [0.2, 0.25) is 18.0 Å². The SMILES string of the molecule is Cc1cccc2c1NC(=O)C(NC(=O)[C@H](CCC(F)(F)F)[C@@H](C(N)=O)c1conc1C)N=C2c1cccc(C(F)(F)F)c1. The second-order valence-electron chi connectivity index (χ2n) is 9.95. The molecule has 3 atom stereocenters. The molecule has 0 fully saturated rings. The molecule has 1 aliphatic rings. The van der Waals surface area contributed by atoms with Gasteiger partial charge in [-0.3, -0.25) is 14.4 Å². The molecule has 3 aromatic rings. The molecule has 0 radical (unpaired) electrons. The normalized spacial score (nSPS) is 16.8. The molecule has 3 amide bonds. The quantitative estimate of drug-likeness (QED) is 0.316. The van der Waals surface area contributed by atoms with Crippen molar-refractivity contribution >= 4 is 29.1 Å². The van der Waals surface area contributed by atoms with Crippen LogP contribution in [0.15, 0.2) is 58.2 Å². The maximum atomic E-state index is 13.6. The van der Waals surface area contributed by atoms with Crippen molar-refractivity contribution in [1.29, 1.82) is 0 Å². The first kappa shape index (κ1) is 31.3. The lowest BCUT2D eigenvalue weighted by atomic mass is 9.82. The molecule has 0 spiro atoms. The molecule has 1 aliphatic heterocycles. The molecule has 1 unspecified atom stereocenters. The Balaban J connectivity index is 1.79. The molecular formula is C28H25F6N5O4. The fraction of sp³-hybridized carbons (Fsp3) is 0.321. The molecule has 4 rings (SSSR count). The van der Waals surface area contributed by atoms with E-state index >= 15 is 0 Å². The number of para-hydroxylation sites is 1. The Kier molecular flexibility index (Phi) is 8.64. The van der Waals surface area contributed by atoms with Crippen LogP contribution in [0.4, 0.5) is 32.0 Å². The fourth-order valence-electron chi connectivity index (χ4n) is 4.83. The van der Waals surface area contributed by atoms with Crippen LogP contribution in [0, 0.1) is 19.8 Å². The topological polar surface area (TPSA) is 140 Å². The molecule has 43 heavy (non-hydrogen) atoms. The highest BCUT2D eigenvalue weighted by molar-refractivity contribution is 6.20. The number of halogens is 6. The number of aromatic nitrogens is 1. The number of hydrogen-bond donors (Lipinski definition) is 3. The predicted octanol–water partition coefficient (Wildman–Crippen LogP) is 4.77. The number of hydrogen-bond acceptors (Lipinski definition) is 6. The molecule has 0 saturated heterocycles. The van der Waals surface area contributed by atoms with Gasteiger partial charge in [0.05, 0.1) is 34.5 Å². The molecule has 2 aromatic carbocycles. The molecule has 2 heterocycles. The zero-order chi connectivity index (χ0) is 31.7. The number of aryl methyl sites for hydroxylation is 2. The van der Waals surface area contributed by atoms with E-state index in [0.29, 0.717) is 5.56 Å². The summed E-state index contributed by atoms with van der Waals surface area (Å²) >= 11 is 0. The third kappa shape index (κ3) is 7.04. The lowest BCUT2D eigenvalue weighted by Gasteiger charge is -2.25. The van der Waals surface area contributed by atoms with Crippen molar-refractivity contribution in [3.63, 3.8) is 0 Å². The highest BCUT2D eigenvalue weighted by atomic mass is 19.4. The van der Waals surface area contributed by atoms with Crippen LogP contribution in [0.2, 0.25) is 0 Å². The Labute approximate surface area is 240 Å². The Morgan fingerprint density at radius 1 is 1.09 bits per heavy atom. The largest absolute Gasteiger partial charge is 0.416 e. The molecule has 228 valence electrons. The molecule has 0 saturated carbocycles. The van der Waals surface area contributed by atoms with E-state index in [0.717, 1.165) is 24.5 Å². The lowest BCUT2D eigenvalue weighted by Crippen LogP contribution is -2.47. The first-order chi connectivity index (χ1) is 20.1. The average molecular weight is 610 g/mol. The van der Waals surface area contributed by atoms with Crippen molar-refractivity contribution in [1.82, 2.24) is 10.5 Å². The monoisotopic (exact) mass is 609 g/mol. The lowest BCUT2D eigenvalue weighted by molar-refractivity contribution is -0.144. The molecule has 0 bridgehead atoms. The number of amides is 3. The maximum absolute atomic E-state index is 13.6. The Morgan fingerprint density at radius 3 is 2.40 bits per heavy atom. The molecule has 0 aliphatic carbocycles. The molecule has 15 heteroatoms. The highest BCUT2D eigenvalue weighted by Gasteiger charge is 2.41. The van der Waals surface area contributed by atoms with Crippen molar-refractivity contribution < 1.29 is 45.2 Å². The zero-order valence-corrected chi connectivity index (χ0v) is 22.6. The van der Waals surface area contributed by atoms with Crippen LogP contribution in [0.3, 0.4) is 0 Å². The minimum absolute atomic E-state index is 0.0173. The second kappa shape index (κ2) is 11.9. The van der Waals surface area contributed by atoms with Gasteiger partial charge in [0, 0.05) is 23.1 Å². The number of benzodiazepines with no additional fused rings is 1. The van der Waals surface area contributed by atoms with E-state index < -0.39 is 66.5 Å².